The van der Waals surface area contributed by atoms with Gasteiger partial charge < -0.3 is 4.90 Å². The van der Waals surface area contributed by atoms with Gasteiger partial charge in [0.15, 0.2) is 0 Å². The summed E-state index contributed by atoms with van der Waals surface area (Å²) in [6, 6.07) is 8.47. The first-order valence-electron chi connectivity index (χ1n) is 10.1. The molecule has 2 fully saturated rings. The van der Waals surface area contributed by atoms with Gasteiger partial charge in [-0.05, 0) is 68.6 Å². The van der Waals surface area contributed by atoms with Gasteiger partial charge in [-0.2, -0.15) is 5.26 Å². The van der Waals surface area contributed by atoms with E-state index < -0.39 is 6.17 Å². The summed E-state index contributed by atoms with van der Waals surface area (Å²) < 4.78 is 13.4. The second-order valence-corrected chi connectivity index (χ2v) is 8.59. The molecular formula is C22H27FN4. The van der Waals surface area contributed by atoms with E-state index in [1.165, 1.54) is 12.8 Å². The number of hydrogen-bond donors (Lipinski definition) is 0. The maximum atomic E-state index is 13.4. The molecule has 0 unspecified atom stereocenters. The number of nitriles is 1. The number of likely N-dealkylation sites (tertiary alicyclic amines) is 1. The fraction of sp³-hybridized carbons (Fsp3) is 0.591. The van der Waals surface area contributed by atoms with Crippen LogP contribution in [0.5, 0.6) is 0 Å². The molecule has 1 saturated heterocycles. The highest BCUT2D eigenvalue weighted by Crippen LogP contribution is 2.41. The van der Waals surface area contributed by atoms with E-state index in [1.54, 1.807) is 6.33 Å². The van der Waals surface area contributed by atoms with Crippen molar-refractivity contribution < 1.29 is 4.39 Å². The molecule has 0 atom stereocenters. The highest BCUT2D eigenvalue weighted by atomic mass is 19.1. The van der Waals surface area contributed by atoms with Crippen molar-refractivity contribution in [3.8, 4) is 6.07 Å². The van der Waals surface area contributed by atoms with Crippen molar-refractivity contribution >= 4 is 10.9 Å². The van der Waals surface area contributed by atoms with E-state index >= 15 is 0 Å². The number of nitrogens with zero attached hydrogens (tertiary/aromatic N) is 4. The molecule has 4 rings (SSSR count). The van der Waals surface area contributed by atoms with E-state index in [0.29, 0.717) is 24.4 Å². The molecule has 1 aromatic heterocycles. The molecule has 1 aliphatic heterocycles. The van der Waals surface area contributed by atoms with E-state index in [0.717, 1.165) is 48.9 Å². The predicted octanol–water partition coefficient (Wildman–Crippen LogP) is 4.43. The van der Waals surface area contributed by atoms with Gasteiger partial charge in [0.25, 0.3) is 0 Å². The molecule has 142 valence electrons. The van der Waals surface area contributed by atoms with E-state index in [1.807, 2.05) is 18.2 Å². The molecular weight excluding hydrogens is 339 g/mol. The Bertz CT molecular complexity index is 843. The zero-order valence-electron chi connectivity index (χ0n) is 16.0. The normalized spacial score (nSPS) is 27.5. The highest BCUT2D eigenvalue weighted by Gasteiger charge is 2.35. The van der Waals surface area contributed by atoms with E-state index in [-0.39, 0.29) is 5.41 Å². The van der Waals surface area contributed by atoms with Gasteiger partial charge in [-0.3, -0.25) is 0 Å². The minimum absolute atomic E-state index is 0.221. The summed E-state index contributed by atoms with van der Waals surface area (Å²) in [7, 11) is 0. The van der Waals surface area contributed by atoms with Crippen molar-refractivity contribution in [3.63, 3.8) is 0 Å². The van der Waals surface area contributed by atoms with Crippen LogP contribution in [0.3, 0.4) is 0 Å². The summed E-state index contributed by atoms with van der Waals surface area (Å²) in [6.45, 7) is 4.19. The maximum Gasteiger partial charge on any atom is 0.116 e. The van der Waals surface area contributed by atoms with Gasteiger partial charge in [0.1, 0.15) is 12.5 Å². The molecule has 27 heavy (non-hydrogen) atoms. The van der Waals surface area contributed by atoms with Crippen LogP contribution < -0.4 is 0 Å². The first-order chi connectivity index (χ1) is 13.1. The molecule has 0 bridgehead atoms. The predicted molar refractivity (Wildman–Crippen MR) is 104 cm³/mol. The molecule has 2 aliphatic rings. The summed E-state index contributed by atoms with van der Waals surface area (Å²) in [5, 5.41) is 10.2. The van der Waals surface area contributed by atoms with Gasteiger partial charge in [-0.25, -0.2) is 14.4 Å². The Morgan fingerprint density at radius 1 is 1.19 bits per heavy atom. The van der Waals surface area contributed by atoms with Crippen LogP contribution in [0, 0.1) is 16.7 Å². The summed E-state index contributed by atoms with van der Waals surface area (Å²) in [5.74, 6) is 0. The van der Waals surface area contributed by atoms with E-state index in [2.05, 4.69) is 27.9 Å². The number of benzene rings is 1. The Morgan fingerprint density at radius 2 is 1.93 bits per heavy atom. The second-order valence-electron chi connectivity index (χ2n) is 8.59. The first-order valence-corrected chi connectivity index (χ1v) is 10.1. The molecule has 5 heteroatoms. The standard InChI is InChI=1S/C22H27FN4/c1-22(8-4-18(5-9-22)27-10-6-17(23)7-11-27)13-21-19-12-16(14-24)2-3-20(19)25-15-26-21/h2-3,12,15,17-18H,4-11,13H2,1H3/t18-,22-. The average Bonchev–Trinajstić information content (AvgIpc) is 2.69. The molecule has 0 amide bonds. The number of alkyl halides is 1. The molecule has 0 radical (unpaired) electrons. The summed E-state index contributed by atoms with van der Waals surface area (Å²) in [4.78, 5) is 11.4. The van der Waals surface area contributed by atoms with Crippen LogP contribution in [0.15, 0.2) is 24.5 Å². The Kier molecular flexibility index (Phi) is 5.10. The third-order valence-electron chi connectivity index (χ3n) is 6.58. The second kappa shape index (κ2) is 7.52. The molecule has 2 heterocycles. The van der Waals surface area contributed by atoms with Crippen molar-refractivity contribution in [2.75, 3.05) is 13.1 Å². The van der Waals surface area contributed by atoms with Gasteiger partial charge in [0, 0.05) is 24.5 Å². The SMILES string of the molecule is C[C@]1(Cc2ncnc3ccc(C#N)cc23)CC[C@H](N2CCC(F)CC2)CC1. The lowest BCUT2D eigenvalue weighted by atomic mass is 9.70. The number of piperidine rings is 1. The Balaban J connectivity index is 1.46. The van der Waals surface area contributed by atoms with Crippen LogP contribution in [0.25, 0.3) is 10.9 Å². The largest absolute Gasteiger partial charge is 0.300 e. The van der Waals surface area contributed by atoms with Gasteiger partial charge >= 0.3 is 0 Å². The molecule has 2 aromatic rings. The number of fused-ring (bicyclic) bond motifs is 1. The van der Waals surface area contributed by atoms with Gasteiger partial charge in [0.2, 0.25) is 0 Å². The quantitative estimate of drug-likeness (QED) is 0.806. The van der Waals surface area contributed by atoms with Crippen molar-refractivity contribution in [1.29, 1.82) is 5.26 Å². The van der Waals surface area contributed by atoms with Gasteiger partial charge in [-0.15, -0.1) is 0 Å². The molecule has 4 nitrogen and oxygen atoms in total. The summed E-state index contributed by atoms with van der Waals surface area (Å²) in [6.07, 6.45) is 8.04. The van der Waals surface area contributed by atoms with Crippen molar-refractivity contribution in [1.82, 2.24) is 14.9 Å². The lowest BCUT2D eigenvalue weighted by Gasteiger charge is -2.43. The molecule has 0 spiro atoms. The number of halogens is 1. The lowest BCUT2D eigenvalue weighted by molar-refractivity contribution is 0.0611. The smallest absolute Gasteiger partial charge is 0.116 e. The van der Waals surface area contributed by atoms with Crippen LogP contribution in [0.4, 0.5) is 4.39 Å². The highest BCUT2D eigenvalue weighted by molar-refractivity contribution is 5.82. The third-order valence-corrected chi connectivity index (χ3v) is 6.58. The third kappa shape index (κ3) is 3.96. The van der Waals surface area contributed by atoms with Crippen molar-refractivity contribution in [2.45, 2.75) is 64.1 Å². The van der Waals surface area contributed by atoms with Crippen LogP contribution >= 0.6 is 0 Å². The Labute approximate surface area is 160 Å². The fourth-order valence-electron chi connectivity index (χ4n) is 4.80. The topological polar surface area (TPSA) is 52.8 Å². The molecule has 0 N–H and O–H groups in total. The first kappa shape index (κ1) is 18.3. The Morgan fingerprint density at radius 3 is 2.63 bits per heavy atom. The summed E-state index contributed by atoms with van der Waals surface area (Å²) >= 11 is 0. The van der Waals surface area contributed by atoms with Crippen LogP contribution in [-0.2, 0) is 6.42 Å². The maximum absolute atomic E-state index is 13.4. The number of hydrogen-bond acceptors (Lipinski definition) is 4. The number of rotatable bonds is 3. The minimum atomic E-state index is -0.598. The van der Waals surface area contributed by atoms with E-state index in [9.17, 15) is 9.65 Å². The van der Waals surface area contributed by atoms with Crippen LogP contribution in [0.1, 0.15) is 56.7 Å². The van der Waals surface area contributed by atoms with Gasteiger partial charge in [0.05, 0.1) is 22.8 Å². The monoisotopic (exact) mass is 366 g/mol. The molecule has 1 saturated carbocycles. The van der Waals surface area contributed by atoms with Crippen LogP contribution in [0.2, 0.25) is 0 Å². The lowest BCUT2D eigenvalue weighted by Crippen LogP contribution is -2.45. The average molecular weight is 366 g/mol. The zero-order chi connectivity index (χ0) is 18.9. The van der Waals surface area contributed by atoms with Crippen molar-refractivity contribution in [2.24, 2.45) is 5.41 Å². The van der Waals surface area contributed by atoms with E-state index in [4.69, 9.17) is 0 Å². The molecule has 1 aromatic carbocycles. The molecule has 1 aliphatic carbocycles. The summed E-state index contributed by atoms with van der Waals surface area (Å²) in [5.41, 5.74) is 2.84. The van der Waals surface area contributed by atoms with Gasteiger partial charge in [-0.1, -0.05) is 6.92 Å². The fourth-order valence-corrected chi connectivity index (χ4v) is 4.80. The zero-order valence-corrected chi connectivity index (χ0v) is 16.0. The van der Waals surface area contributed by atoms with Crippen LogP contribution in [-0.4, -0.2) is 40.2 Å². The minimum Gasteiger partial charge on any atom is -0.300 e. The van der Waals surface area contributed by atoms with Crippen molar-refractivity contribution in [3.05, 3.63) is 35.8 Å². The Hall–Kier alpha value is -2.06. The number of aromatic nitrogens is 2.